The van der Waals surface area contributed by atoms with Gasteiger partial charge in [-0.1, -0.05) is 0 Å². The SMILES string of the molecule is CC(CNC(=O)c1ccc(NN)c(C(F)(F)F)c1)S(C)=O. The normalized spacial score (nSPS) is 14.4. The lowest BCUT2D eigenvalue weighted by molar-refractivity contribution is -0.137. The molecule has 118 valence electrons. The molecule has 0 bridgehead atoms. The maximum absolute atomic E-state index is 12.8. The number of nitrogen functional groups attached to an aromatic ring is 1. The second-order valence-corrected chi connectivity index (χ2v) is 6.22. The van der Waals surface area contributed by atoms with Gasteiger partial charge >= 0.3 is 6.18 Å². The molecule has 0 heterocycles. The summed E-state index contributed by atoms with van der Waals surface area (Å²) in [6.07, 6.45) is -3.14. The van der Waals surface area contributed by atoms with Crippen LogP contribution in [0.5, 0.6) is 0 Å². The van der Waals surface area contributed by atoms with Crippen LogP contribution in [0.25, 0.3) is 0 Å². The summed E-state index contributed by atoms with van der Waals surface area (Å²) in [7, 11) is -1.13. The van der Waals surface area contributed by atoms with Crippen molar-refractivity contribution in [3.63, 3.8) is 0 Å². The van der Waals surface area contributed by atoms with Crippen molar-refractivity contribution >= 4 is 22.4 Å². The zero-order valence-corrected chi connectivity index (χ0v) is 12.3. The average Bonchev–Trinajstić information content (AvgIpc) is 2.42. The van der Waals surface area contributed by atoms with E-state index >= 15 is 0 Å². The van der Waals surface area contributed by atoms with Crippen molar-refractivity contribution in [2.75, 3.05) is 18.2 Å². The fraction of sp³-hybridized carbons (Fsp3) is 0.417. The second-order valence-electron chi connectivity index (χ2n) is 4.42. The Balaban J connectivity index is 2.94. The molecule has 0 spiro atoms. The summed E-state index contributed by atoms with van der Waals surface area (Å²) in [5.41, 5.74) is 0.457. The van der Waals surface area contributed by atoms with Crippen LogP contribution in [-0.2, 0) is 17.0 Å². The molecule has 4 N–H and O–H groups in total. The molecule has 0 fully saturated rings. The van der Waals surface area contributed by atoms with Crippen LogP contribution >= 0.6 is 0 Å². The largest absolute Gasteiger partial charge is 0.418 e. The number of benzene rings is 1. The Morgan fingerprint density at radius 1 is 1.43 bits per heavy atom. The minimum Gasteiger partial charge on any atom is -0.351 e. The highest BCUT2D eigenvalue weighted by Gasteiger charge is 2.34. The Bertz CT molecular complexity index is 549. The number of amides is 1. The number of nitrogens with one attached hydrogen (secondary N) is 2. The van der Waals surface area contributed by atoms with Crippen LogP contribution in [0.1, 0.15) is 22.8 Å². The van der Waals surface area contributed by atoms with Crippen LogP contribution in [0.15, 0.2) is 18.2 Å². The van der Waals surface area contributed by atoms with Crippen molar-refractivity contribution in [1.29, 1.82) is 0 Å². The monoisotopic (exact) mass is 323 g/mol. The molecule has 0 aromatic heterocycles. The molecule has 0 saturated heterocycles. The fourth-order valence-corrected chi connectivity index (χ4v) is 1.82. The molecule has 2 atom stereocenters. The first kappa shape index (κ1) is 17.4. The number of hydrazine groups is 1. The van der Waals surface area contributed by atoms with Crippen molar-refractivity contribution in [2.24, 2.45) is 5.84 Å². The Morgan fingerprint density at radius 2 is 2.05 bits per heavy atom. The molecule has 0 aliphatic carbocycles. The fourth-order valence-electron chi connectivity index (χ4n) is 1.50. The van der Waals surface area contributed by atoms with Gasteiger partial charge in [-0.3, -0.25) is 14.8 Å². The molecule has 21 heavy (non-hydrogen) atoms. The minimum absolute atomic E-state index is 0.111. The Morgan fingerprint density at radius 3 is 2.52 bits per heavy atom. The maximum atomic E-state index is 12.8. The number of rotatable bonds is 5. The van der Waals surface area contributed by atoms with E-state index in [1.54, 1.807) is 6.92 Å². The number of carbonyl (C=O) groups excluding carboxylic acids is 1. The molecule has 0 saturated carbocycles. The van der Waals surface area contributed by atoms with Gasteiger partial charge in [0.25, 0.3) is 5.91 Å². The van der Waals surface area contributed by atoms with Crippen molar-refractivity contribution < 1.29 is 22.2 Å². The molecule has 9 heteroatoms. The molecular weight excluding hydrogens is 307 g/mol. The maximum Gasteiger partial charge on any atom is 0.418 e. The van der Waals surface area contributed by atoms with E-state index < -0.39 is 28.4 Å². The molecule has 1 rings (SSSR count). The molecule has 1 aromatic carbocycles. The van der Waals surface area contributed by atoms with Gasteiger partial charge in [0.15, 0.2) is 0 Å². The third-order valence-electron chi connectivity index (χ3n) is 2.86. The summed E-state index contributed by atoms with van der Waals surface area (Å²) < 4.78 is 49.6. The molecule has 0 radical (unpaired) electrons. The Hall–Kier alpha value is -1.61. The van der Waals surface area contributed by atoms with Gasteiger partial charge in [0.1, 0.15) is 0 Å². The van der Waals surface area contributed by atoms with Crippen LogP contribution in [0, 0.1) is 0 Å². The lowest BCUT2D eigenvalue weighted by atomic mass is 10.1. The van der Waals surface area contributed by atoms with Crippen molar-refractivity contribution in [3.8, 4) is 0 Å². The van der Waals surface area contributed by atoms with Crippen molar-refractivity contribution in [1.82, 2.24) is 5.32 Å². The van der Waals surface area contributed by atoms with Gasteiger partial charge in [-0.15, -0.1) is 0 Å². The predicted molar refractivity (Wildman–Crippen MR) is 75.1 cm³/mol. The lowest BCUT2D eigenvalue weighted by Gasteiger charge is -2.14. The average molecular weight is 323 g/mol. The third-order valence-corrected chi connectivity index (χ3v) is 4.16. The highest BCUT2D eigenvalue weighted by atomic mass is 32.2. The number of nitrogens with two attached hydrogens (primary N) is 1. The first-order chi connectivity index (χ1) is 9.66. The van der Waals surface area contributed by atoms with E-state index in [9.17, 15) is 22.2 Å². The number of halogens is 3. The Kier molecular flexibility index (Phi) is 5.73. The van der Waals surface area contributed by atoms with E-state index in [1.807, 2.05) is 5.43 Å². The summed E-state index contributed by atoms with van der Waals surface area (Å²) in [6, 6.07) is 3.03. The van der Waals surface area contributed by atoms with Gasteiger partial charge in [-0.05, 0) is 25.1 Å². The molecule has 0 aliphatic rings. The standard InChI is InChI=1S/C12H16F3N3O2S/c1-7(21(2)20)6-17-11(19)8-3-4-10(18-16)9(5-8)12(13,14)15/h3-5,7,18H,6,16H2,1-2H3,(H,17,19). The van der Waals surface area contributed by atoms with E-state index in [0.29, 0.717) is 0 Å². The van der Waals surface area contributed by atoms with Gasteiger partial charge in [-0.2, -0.15) is 13.2 Å². The van der Waals surface area contributed by atoms with Crippen LogP contribution < -0.4 is 16.6 Å². The lowest BCUT2D eigenvalue weighted by Crippen LogP contribution is -2.32. The minimum atomic E-state index is -4.63. The quantitative estimate of drug-likeness (QED) is 0.566. The molecule has 1 amide bonds. The van der Waals surface area contributed by atoms with Crippen LogP contribution in [0.2, 0.25) is 0 Å². The van der Waals surface area contributed by atoms with Gasteiger partial charge in [0.05, 0.1) is 11.3 Å². The predicted octanol–water partition coefficient (Wildman–Crippen LogP) is 1.49. The van der Waals surface area contributed by atoms with E-state index in [-0.39, 0.29) is 23.0 Å². The smallest absolute Gasteiger partial charge is 0.351 e. The van der Waals surface area contributed by atoms with Gasteiger partial charge in [0.2, 0.25) is 0 Å². The number of hydrogen-bond acceptors (Lipinski definition) is 4. The van der Waals surface area contributed by atoms with Crippen molar-refractivity contribution in [3.05, 3.63) is 29.3 Å². The Labute approximate surface area is 122 Å². The van der Waals surface area contributed by atoms with Gasteiger partial charge < -0.3 is 10.7 Å². The van der Waals surface area contributed by atoms with E-state index in [0.717, 1.165) is 12.1 Å². The summed E-state index contributed by atoms with van der Waals surface area (Å²) >= 11 is 0. The molecule has 1 aromatic rings. The summed E-state index contributed by atoms with van der Waals surface area (Å²) in [4.78, 5) is 11.8. The van der Waals surface area contributed by atoms with Crippen LogP contribution in [0.3, 0.4) is 0 Å². The zero-order valence-electron chi connectivity index (χ0n) is 11.5. The summed E-state index contributed by atoms with van der Waals surface area (Å²) in [5.74, 6) is 4.36. The summed E-state index contributed by atoms with van der Waals surface area (Å²) in [5, 5.41) is 2.15. The molecule has 0 aliphatic heterocycles. The first-order valence-corrected chi connectivity index (χ1v) is 7.57. The highest BCUT2D eigenvalue weighted by Crippen LogP contribution is 2.35. The number of anilines is 1. The number of carbonyl (C=O) groups is 1. The van der Waals surface area contributed by atoms with Gasteiger partial charge in [-0.25, -0.2) is 0 Å². The van der Waals surface area contributed by atoms with E-state index in [2.05, 4.69) is 5.32 Å². The van der Waals surface area contributed by atoms with Crippen LogP contribution in [-0.4, -0.2) is 28.2 Å². The van der Waals surface area contributed by atoms with E-state index in [1.165, 1.54) is 12.3 Å². The summed E-state index contributed by atoms with van der Waals surface area (Å²) in [6.45, 7) is 1.78. The second kappa shape index (κ2) is 6.90. The zero-order chi connectivity index (χ0) is 16.2. The first-order valence-electron chi connectivity index (χ1n) is 5.95. The van der Waals surface area contributed by atoms with Gasteiger partial charge in [0, 0.05) is 34.4 Å². The number of alkyl halides is 3. The van der Waals surface area contributed by atoms with E-state index in [4.69, 9.17) is 5.84 Å². The van der Waals surface area contributed by atoms with Crippen molar-refractivity contribution in [2.45, 2.75) is 18.3 Å². The third kappa shape index (κ3) is 4.71. The molecule has 2 unspecified atom stereocenters. The molecular formula is C12H16F3N3O2S. The highest BCUT2D eigenvalue weighted by molar-refractivity contribution is 7.84. The van der Waals surface area contributed by atoms with Crippen LogP contribution in [0.4, 0.5) is 18.9 Å². The topological polar surface area (TPSA) is 84.2 Å². The number of hydrogen-bond donors (Lipinski definition) is 3. The molecule has 5 nitrogen and oxygen atoms in total.